The number of imidazole rings is 1. The minimum Gasteiger partial charge on any atom is -0.237 e. The van der Waals surface area contributed by atoms with Gasteiger partial charge in [-0.05, 0) is 25.8 Å². The number of nitrogens with zero attached hydrogens (tertiary/aromatic N) is 2. The molecule has 0 spiro atoms. The molecule has 0 amide bonds. The molecule has 0 fully saturated rings. The molecule has 0 bridgehead atoms. The van der Waals surface area contributed by atoms with E-state index in [4.69, 9.17) is 0 Å². The number of hydrogen-bond acceptors (Lipinski definition) is 0. The Kier molecular flexibility index (Phi) is 5.83. The highest BCUT2D eigenvalue weighted by molar-refractivity contribution is 5.19. The van der Waals surface area contributed by atoms with Crippen LogP contribution in [0.5, 0.6) is 0 Å². The predicted octanol–water partition coefficient (Wildman–Crippen LogP) is 3.24. The molecule has 15 heavy (non-hydrogen) atoms. The summed E-state index contributed by atoms with van der Waals surface area (Å²) in [5, 5.41) is 0. The molecule has 0 N–H and O–H groups in total. The van der Waals surface area contributed by atoms with Crippen LogP contribution in [0.3, 0.4) is 0 Å². The van der Waals surface area contributed by atoms with E-state index in [1.54, 1.807) is 0 Å². The van der Waals surface area contributed by atoms with Gasteiger partial charge in [-0.1, -0.05) is 26.2 Å². The summed E-state index contributed by atoms with van der Waals surface area (Å²) in [5.41, 5.74) is 0. The summed E-state index contributed by atoms with van der Waals surface area (Å²) in [6.07, 6.45) is 17.3. The number of allylic oxidation sites excluding steroid dienone is 1. The molecule has 1 aromatic heterocycles. The third kappa shape index (κ3) is 4.82. The zero-order valence-corrected chi connectivity index (χ0v) is 10.0. The number of unbranched alkanes of at least 4 members (excludes halogenated alkanes) is 4. The minimum absolute atomic E-state index is 1.04. The zero-order chi connectivity index (χ0) is 10.9. The third-order valence-corrected chi connectivity index (χ3v) is 2.58. The summed E-state index contributed by atoms with van der Waals surface area (Å²) in [7, 11) is 0. The molecular formula is C13H23N2+. The van der Waals surface area contributed by atoms with Gasteiger partial charge in [0.1, 0.15) is 12.4 Å². The molecule has 0 aliphatic rings. The maximum absolute atomic E-state index is 2.26. The van der Waals surface area contributed by atoms with E-state index in [2.05, 4.69) is 54.0 Å². The Morgan fingerprint density at radius 3 is 2.73 bits per heavy atom. The number of aryl methyl sites for hydroxylation is 1. The quantitative estimate of drug-likeness (QED) is 0.479. The fraction of sp³-hybridized carbons (Fsp3) is 0.615. The Morgan fingerprint density at radius 1 is 1.20 bits per heavy atom. The van der Waals surface area contributed by atoms with E-state index >= 15 is 0 Å². The number of hydrogen-bond donors (Lipinski definition) is 0. The Morgan fingerprint density at radius 2 is 2.07 bits per heavy atom. The van der Waals surface area contributed by atoms with Crippen LogP contribution in [0, 0.1) is 0 Å². The van der Waals surface area contributed by atoms with Crippen LogP contribution in [-0.2, 0) is 6.54 Å². The van der Waals surface area contributed by atoms with Crippen molar-refractivity contribution in [1.29, 1.82) is 0 Å². The van der Waals surface area contributed by atoms with Crippen molar-refractivity contribution in [2.24, 2.45) is 0 Å². The van der Waals surface area contributed by atoms with Crippen molar-refractivity contribution in [2.75, 3.05) is 0 Å². The molecule has 0 saturated heterocycles. The van der Waals surface area contributed by atoms with Gasteiger partial charge in [-0.25, -0.2) is 9.13 Å². The molecule has 0 aliphatic carbocycles. The van der Waals surface area contributed by atoms with E-state index in [9.17, 15) is 0 Å². The molecule has 1 rings (SSSR count). The lowest BCUT2D eigenvalue weighted by Crippen LogP contribution is -2.28. The monoisotopic (exact) mass is 207 g/mol. The molecule has 1 heterocycles. The normalized spacial score (nSPS) is 11.3. The summed E-state index contributed by atoms with van der Waals surface area (Å²) in [5.74, 6) is 0. The molecule has 1 aromatic rings. The summed E-state index contributed by atoms with van der Waals surface area (Å²) in [4.78, 5) is 0. The molecule has 0 aromatic carbocycles. The standard InChI is InChI=1S/C13H23N2/c1-3-5-6-7-8-9-10-15-12-11-14(4-2)13-15/h9-13H,3-8H2,1-2H3/q+1. The lowest BCUT2D eigenvalue weighted by Gasteiger charge is -1.93. The Hall–Kier alpha value is -1.05. The first-order valence-electron chi connectivity index (χ1n) is 6.10. The van der Waals surface area contributed by atoms with Crippen molar-refractivity contribution in [3.63, 3.8) is 0 Å². The molecule has 2 nitrogen and oxygen atoms in total. The molecule has 0 atom stereocenters. The average molecular weight is 207 g/mol. The van der Waals surface area contributed by atoms with Gasteiger partial charge in [-0.15, -0.1) is 0 Å². The van der Waals surface area contributed by atoms with Gasteiger partial charge in [0.2, 0.25) is 6.33 Å². The van der Waals surface area contributed by atoms with Crippen LogP contribution in [0.2, 0.25) is 0 Å². The van der Waals surface area contributed by atoms with Gasteiger partial charge in [0, 0.05) is 0 Å². The second kappa shape index (κ2) is 7.27. The second-order valence-electron chi connectivity index (χ2n) is 3.93. The molecule has 2 heteroatoms. The SMILES string of the molecule is CCCCCCC=Cn1cc[n+](CC)c1. The fourth-order valence-electron chi connectivity index (χ4n) is 1.57. The van der Waals surface area contributed by atoms with E-state index in [1.165, 1.54) is 32.1 Å². The zero-order valence-electron chi connectivity index (χ0n) is 10.0. The van der Waals surface area contributed by atoms with E-state index in [0.29, 0.717) is 0 Å². The summed E-state index contributed by atoms with van der Waals surface area (Å²) >= 11 is 0. The van der Waals surface area contributed by atoms with Gasteiger partial charge < -0.3 is 0 Å². The molecule has 0 saturated carbocycles. The molecule has 0 unspecified atom stereocenters. The first-order chi connectivity index (χ1) is 7.36. The van der Waals surface area contributed by atoms with Crippen molar-refractivity contribution in [1.82, 2.24) is 4.57 Å². The van der Waals surface area contributed by atoms with E-state index < -0.39 is 0 Å². The van der Waals surface area contributed by atoms with Crippen LogP contribution in [-0.4, -0.2) is 4.57 Å². The second-order valence-corrected chi connectivity index (χ2v) is 3.93. The molecule has 84 valence electrons. The summed E-state index contributed by atoms with van der Waals surface area (Å²) in [6, 6.07) is 0. The summed E-state index contributed by atoms with van der Waals surface area (Å²) in [6.45, 7) is 5.44. The molecule has 0 aliphatic heterocycles. The average Bonchev–Trinajstić information content (AvgIpc) is 2.71. The van der Waals surface area contributed by atoms with Crippen LogP contribution < -0.4 is 4.57 Å². The lowest BCUT2D eigenvalue weighted by atomic mass is 10.1. The largest absolute Gasteiger partial charge is 0.248 e. The van der Waals surface area contributed by atoms with Crippen molar-refractivity contribution in [3.8, 4) is 0 Å². The minimum atomic E-state index is 1.04. The Balaban J connectivity index is 2.19. The topological polar surface area (TPSA) is 8.81 Å². The van der Waals surface area contributed by atoms with Crippen molar-refractivity contribution in [3.05, 3.63) is 24.8 Å². The van der Waals surface area contributed by atoms with Crippen LogP contribution >= 0.6 is 0 Å². The number of aromatic nitrogens is 2. The van der Waals surface area contributed by atoms with Crippen LogP contribution in [0.25, 0.3) is 6.20 Å². The van der Waals surface area contributed by atoms with Crippen LogP contribution in [0.4, 0.5) is 0 Å². The Bertz CT molecular complexity index is 286. The highest BCUT2D eigenvalue weighted by Crippen LogP contribution is 2.03. The fourth-order valence-corrected chi connectivity index (χ4v) is 1.57. The van der Waals surface area contributed by atoms with E-state index in [0.717, 1.165) is 6.54 Å². The summed E-state index contributed by atoms with van der Waals surface area (Å²) < 4.78 is 4.28. The van der Waals surface area contributed by atoms with Gasteiger partial charge in [0.25, 0.3) is 0 Å². The van der Waals surface area contributed by atoms with Gasteiger partial charge >= 0.3 is 0 Å². The van der Waals surface area contributed by atoms with Gasteiger partial charge in [-0.2, -0.15) is 0 Å². The highest BCUT2D eigenvalue weighted by atomic mass is 15.1. The van der Waals surface area contributed by atoms with Gasteiger partial charge in [-0.3, -0.25) is 0 Å². The van der Waals surface area contributed by atoms with Crippen molar-refractivity contribution < 1.29 is 4.57 Å². The molecule has 0 radical (unpaired) electrons. The van der Waals surface area contributed by atoms with Crippen molar-refractivity contribution in [2.45, 2.75) is 52.5 Å². The number of rotatable bonds is 7. The molecular weight excluding hydrogens is 184 g/mol. The first-order valence-corrected chi connectivity index (χ1v) is 6.10. The smallest absolute Gasteiger partial charge is 0.237 e. The third-order valence-electron chi connectivity index (χ3n) is 2.58. The first kappa shape index (κ1) is 12.0. The van der Waals surface area contributed by atoms with Crippen molar-refractivity contribution >= 4 is 6.20 Å². The van der Waals surface area contributed by atoms with E-state index in [-0.39, 0.29) is 0 Å². The predicted molar refractivity (Wildman–Crippen MR) is 64.4 cm³/mol. The van der Waals surface area contributed by atoms with Crippen LogP contribution in [0.1, 0.15) is 46.0 Å². The maximum atomic E-state index is 2.26. The Labute approximate surface area is 93.2 Å². The van der Waals surface area contributed by atoms with E-state index in [1.807, 2.05) is 0 Å². The van der Waals surface area contributed by atoms with Gasteiger partial charge in [0.05, 0.1) is 12.7 Å². The lowest BCUT2D eigenvalue weighted by molar-refractivity contribution is -0.692. The van der Waals surface area contributed by atoms with Crippen LogP contribution in [0.15, 0.2) is 24.8 Å². The maximum Gasteiger partial charge on any atom is 0.248 e. The highest BCUT2D eigenvalue weighted by Gasteiger charge is 1.96. The van der Waals surface area contributed by atoms with Gasteiger partial charge in [0.15, 0.2) is 0 Å².